The van der Waals surface area contributed by atoms with E-state index in [2.05, 4.69) is 20.2 Å². The van der Waals surface area contributed by atoms with E-state index in [1.54, 1.807) is 24.5 Å². The fourth-order valence-electron chi connectivity index (χ4n) is 3.28. The monoisotopic (exact) mass is 377 g/mol. The van der Waals surface area contributed by atoms with E-state index in [9.17, 15) is 18.4 Å². The first-order valence-electron chi connectivity index (χ1n) is 8.17. The molecule has 28 heavy (non-hydrogen) atoms. The summed E-state index contributed by atoms with van der Waals surface area (Å²) in [5.74, 6) is -3.55. The summed E-state index contributed by atoms with van der Waals surface area (Å²) in [5.41, 5.74) is 1.60. The maximum Gasteiger partial charge on any atom is 0.267 e. The number of imide groups is 1. The van der Waals surface area contributed by atoms with Gasteiger partial charge in [0.25, 0.3) is 11.8 Å². The Morgan fingerprint density at radius 3 is 2.50 bits per heavy atom. The number of H-pyrrole nitrogens is 1. The van der Waals surface area contributed by atoms with Crippen LogP contribution in [0.3, 0.4) is 0 Å². The lowest BCUT2D eigenvalue weighted by Crippen LogP contribution is -2.29. The van der Waals surface area contributed by atoms with Crippen LogP contribution >= 0.6 is 0 Å². The van der Waals surface area contributed by atoms with Crippen molar-refractivity contribution in [3.8, 4) is 11.3 Å². The SMILES string of the molecule is O=C1c2cnc3n[nH]c(-c4ccncc4)c3c2C(=O)N1c1ccc(F)c(F)c1. The van der Waals surface area contributed by atoms with Gasteiger partial charge in [-0.3, -0.25) is 19.7 Å². The Morgan fingerprint density at radius 2 is 1.75 bits per heavy atom. The van der Waals surface area contributed by atoms with E-state index in [1.165, 1.54) is 12.3 Å². The fraction of sp³-hybridized carbons (Fsp3) is 0. The standard InChI is InChI=1S/C19H9F2N5O2/c20-12-2-1-10(7-13(12)21)26-18(27)11-8-23-17-15(14(11)19(26)28)16(24-25-17)9-3-5-22-6-4-9/h1-8H,(H,23,24,25). The maximum atomic E-state index is 13.6. The number of nitrogens with zero attached hydrogens (tertiary/aromatic N) is 4. The average molecular weight is 377 g/mol. The Bertz CT molecular complexity index is 1290. The summed E-state index contributed by atoms with van der Waals surface area (Å²) in [5, 5.41) is 7.32. The molecule has 0 fully saturated rings. The van der Waals surface area contributed by atoms with Crippen LogP contribution in [0.1, 0.15) is 20.7 Å². The number of hydrogen-bond acceptors (Lipinski definition) is 5. The van der Waals surface area contributed by atoms with Crippen LogP contribution in [0.25, 0.3) is 22.3 Å². The van der Waals surface area contributed by atoms with Gasteiger partial charge in [0.2, 0.25) is 0 Å². The molecule has 1 aliphatic heterocycles. The molecule has 136 valence electrons. The van der Waals surface area contributed by atoms with E-state index in [1.807, 2.05) is 0 Å². The molecule has 3 aromatic heterocycles. The average Bonchev–Trinajstić information content (AvgIpc) is 3.24. The van der Waals surface area contributed by atoms with Gasteiger partial charge in [0.15, 0.2) is 17.3 Å². The minimum Gasteiger partial charge on any atom is -0.275 e. The molecule has 1 aliphatic rings. The summed E-state index contributed by atoms with van der Waals surface area (Å²) in [6.45, 7) is 0. The van der Waals surface area contributed by atoms with Gasteiger partial charge in [0.05, 0.1) is 27.9 Å². The number of hydrogen-bond donors (Lipinski definition) is 1. The minimum atomic E-state index is -1.15. The number of aromatic amines is 1. The second kappa shape index (κ2) is 5.74. The number of carbonyl (C=O) groups is 2. The molecule has 4 heterocycles. The zero-order valence-corrected chi connectivity index (χ0v) is 14.0. The van der Waals surface area contributed by atoms with Crippen LogP contribution < -0.4 is 4.90 Å². The number of nitrogens with one attached hydrogen (secondary N) is 1. The molecule has 0 saturated carbocycles. The van der Waals surface area contributed by atoms with Gasteiger partial charge in [-0.15, -0.1) is 0 Å². The lowest BCUT2D eigenvalue weighted by molar-refractivity contribution is 0.0926. The molecule has 2 amide bonds. The van der Waals surface area contributed by atoms with Crippen LogP contribution in [0.4, 0.5) is 14.5 Å². The number of fused-ring (bicyclic) bond motifs is 3. The first-order chi connectivity index (χ1) is 13.6. The molecule has 1 N–H and O–H groups in total. The topological polar surface area (TPSA) is 91.8 Å². The van der Waals surface area contributed by atoms with Gasteiger partial charge < -0.3 is 0 Å². The Hall–Kier alpha value is -4.01. The van der Waals surface area contributed by atoms with E-state index >= 15 is 0 Å². The van der Waals surface area contributed by atoms with Crippen molar-refractivity contribution in [1.29, 1.82) is 0 Å². The lowest BCUT2D eigenvalue weighted by atomic mass is 10.0. The van der Waals surface area contributed by atoms with Crippen LogP contribution in [0, 0.1) is 11.6 Å². The van der Waals surface area contributed by atoms with Gasteiger partial charge in [-0.2, -0.15) is 5.10 Å². The summed E-state index contributed by atoms with van der Waals surface area (Å²) in [7, 11) is 0. The van der Waals surface area contributed by atoms with Crippen molar-refractivity contribution >= 4 is 28.5 Å². The molecule has 4 aromatic rings. The number of halogens is 2. The highest BCUT2D eigenvalue weighted by atomic mass is 19.2. The molecule has 9 heteroatoms. The van der Waals surface area contributed by atoms with E-state index in [-0.39, 0.29) is 22.5 Å². The van der Waals surface area contributed by atoms with Crippen molar-refractivity contribution in [3.05, 3.63) is 71.7 Å². The van der Waals surface area contributed by atoms with Crippen molar-refractivity contribution in [3.63, 3.8) is 0 Å². The van der Waals surface area contributed by atoms with Gasteiger partial charge in [0.1, 0.15) is 0 Å². The number of aromatic nitrogens is 4. The first kappa shape index (κ1) is 16.2. The molecule has 7 nitrogen and oxygen atoms in total. The number of anilines is 1. The Balaban J connectivity index is 1.73. The van der Waals surface area contributed by atoms with Crippen molar-refractivity contribution in [2.45, 2.75) is 0 Å². The first-order valence-corrected chi connectivity index (χ1v) is 8.17. The van der Waals surface area contributed by atoms with Crippen molar-refractivity contribution in [1.82, 2.24) is 20.2 Å². The lowest BCUT2D eigenvalue weighted by Gasteiger charge is -2.13. The second-order valence-corrected chi connectivity index (χ2v) is 6.12. The van der Waals surface area contributed by atoms with Gasteiger partial charge in [-0.25, -0.2) is 18.7 Å². The molecule has 0 saturated heterocycles. The third-order valence-electron chi connectivity index (χ3n) is 4.56. The highest BCUT2D eigenvalue weighted by molar-refractivity contribution is 6.38. The maximum absolute atomic E-state index is 13.6. The smallest absolute Gasteiger partial charge is 0.267 e. The van der Waals surface area contributed by atoms with E-state index in [4.69, 9.17) is 0 Å². The third kappa shape index (κ3) is 2.16. The highest BCUT2D eigenvalue weighted by Crippen LogP contribution is 2.36. The zero-order chi connectivity index (χ0) is 19.4. The Labute approximate surface area is 155 Å². The molecule has 0 spiro atoms. The van der Waals surface area contributed by atoms with Crippen LogP contribution in [0.15, 0.2) is 48.9 Å². The Morgan fingerprint density at radius 1 is 0.964 bits per heavy atom. The normalized spacial score (nSPS) is 13.4. The number of pyridine rings is 2. The number of benzene rings is 1. The van der Waals surface area contributed by atoms with E-state index in [0.29, 0.717) is 16.6 Å². The van der Waals surface area contributed by atoms with Crippen LogP contribution in [0.5, 0.6) is 0 Å². The molecular weight excluding hydrogens is 368 g/mol. The molecule has 0 radical (unpaired) electrons. The van der Waals surface area contributed by atoms with Gasteiger partial charge in [-0.05, 0) is 24.3 Å². The van der Waals surface area contributed by atoms with E-state index < -0.39 is 23.4 Å². The van der Waals surface area contributed by atoms with E-state index in [0.717, 1.165) is 17.0 Å². The number of carbonyl (C=O) groups excluding carboxylic acids is 2. The summed E-state index contributed by atoms with van der Waals surface area (Å²) >= 11 is 0. The molecule has 0 unspecified atom stereocenters. The Kier molecular flexibility index (Phi) is 3.32. The van der Waals surface area contributed by atoms with Crippen LogP contribution in [-0.2, 0) is 0 Å². The molecule has 1 aromatic carbocycles. The van der Waals surface area contributed by atoms with Gasteiger partial charge in [-0.1, -0.05) is 0 Å². The summed E-state index contributed by atoms with van der Waals surface area (Å²) in [6.07, 6.45) is 4.42. The second-order valence-electron chi connectivity index (χ2n) is 6.12. The quantitative estimate of drug-likeness (QED) is 0.542. The highest BCUT2D eigenvalue weighted by Gasteiger charge is 2.40. The molecule has 0 atom stereocenters. The summed E-state index contributed by atoms with van der Waals surface area (Å²) in [4.78, 5) is 34.8. The van der Waals surface area contributed by atoms with Crippen LogP contribution in [-0.4, -0.2) is 32.0 Å². The zero-order valence-electron chi connectivity index (χ0n) is 14.0. The van der Waals surface area contributed by atoms with Crippen molar-refractivity contribution in [2.24, 2.45) is 0 Å². The molecule has 0 aliphatic carbocycles. The predicted octanol–water partition coefficient (Wildman–Crippen LogP) is 3.10. The largest absolute Gasteiger partial charge is 0.275 e. The summed E-state index contributed by atoms with van der Waals surface area (Å²) in [6, 6.07) is 6.29. The fourth-order valence-corrected chi connectivity index (χ4v) is 3.28. The van der Waals surface area contributed by atoms with Crippen molar-refractivity contribution in [2.75, 3.05) is 4.90 Å². The number of rotatable bonds is 2. The van der Waals surface area contributed by atoms with Gasteiger partial charge in [0, 0.05) is 30.2 Å². The van der Waals surface area contributed by atoms with Crippen molar-refractivity contribution < 1.29 is 18.4 Å². The van der Waals surface area contributed by atoms with Gasteiger partial charge >= 0.3 is 0 Å². The molecule has 0 bridgehead atoms. The number of amides is 2. The molecule has 5 rings (SSSR count). The minimum absolute atomic E-state index is 0.0628. The summed E-state index contributed by atoms with van der Waals surface area (Å²) < 4.78 is 26.9. The third-order valence-corrected chi connectivity index (χ3v) is 4.56. The predicted molar refractivity (Wildman–Crippen MR) is 94.6 cm³/mol. The molecular formula is C19H9F2N5O2. The van der Waals surface area contributed by atoms with Crippen LogP contribution in [0.2, 0.25) is 0 Å².